The molecule has 0 amide bonds. The first kappa shape index (κ1) is 16.3. The number of rotatable bonds is 4. The van der Waals surface area contributed by atoms with Crippen molar-refractivity contribution in [3.63, 3.8) is 0 Å². The van der Waals surface area contributed by atoms with Crippen LogP contribution in [-0.4, -0.2) is 11.7 Å². The quantitative estimate of drug-likeness (QED) is 0.944. The molecular weight excluding hydrogens is 276 g/mol. The number of nitrogens with two attached hydrogens (primary N) is 1. The largest absolute Gasteiger partial charge is 0.496 e. The van der Waals surface area contributed by atoms with Crippen molar-refractivity contribution in [1.82, 2.24) is 4.57 Å². The van der Waals surface area contributed by atoms with Gasteiger partial charge in [0.25, 0.3) is 5.56 Å². The van der Waals surface area contributed by atoms with Crippen LogP contribution >= 0.6 is 0 Å². The van der Waals surface area contributed by atoms with E-state index in [-0.39, 0.29) is 5.56 Å². The molecule has 1 aromatic carbocycles. The summed E-state index contributed by atoms with van der Waals surface area (Å²) < 4.78 is 6.95. The molecule has 1 unspecified atom stereocenters. The fourth-order valence-electron chi connectivity index (χ4n) is 2.76. The Hall–Kier alpha value is -2.07. The summed E-state index contributed by atoms with van der Waals surface area (Å²) in [6, 6.07) is 9.16. The zero-order valence-corrected chi connectivity index (χ0v) is 13.9. The van der Waals surface area contributed by atoms with Gasteiger partial charge in [0.2, 0.25) is 0 Å². The molecular formula is C18H24N2O2. The molecule has 0 saturated carbocycles. The monoisotopic (exact) mass is 300 g/mol. The van der Waals surface area contributed by atoms with Crippen molar-refractivity contribution in [1.29, 1.82) is 0 Å². The lowest BCUT2D eigenvalue weighted by Gasteiger charge is -2.18. The standard InChI is InChI=1S/C18H24N2O2/c1-11(2)15-8-7-14(18(21)20(15)4)17(19)13-6-9-16(22-5)12(3)10-13/h6-11,17H,19H2,1-5H3. The molecule has 0 aliphatic rings. The number of aromatic nitrogens is 1. The number of hydrogen-bond acceptors (Lipinski definition) is 3. The molecule has 1 heterocycles. The van der Waals surface area contributed by atoms with E-state index in [4.69, 9.17) is 10.5 Å². The number of methoxy groups -OCH3 is 1. The van der Waals surface area contributed by atoms with E-state index in [1.807, 2.05) is 37.3 Å². The average Bonchev–Trinajstić information content (AvgIpc) is 2.48. The Morgan fingerprint density at radius 1 is 1.18 bits per heavy atom. The topological polar surface area (TPSA) is 57.2 Å². The molecule has 4 heteroatoms. The average molecular weight is 300 g/mol. The number of pyridine rings is 1. The molecule has 2 rings (SSSR count). The Bertz CT molecular complexity index is 732. The van der Waals surface area contributed by atoms with Crippen LogP contribution in [0.2, 0.25) is 0 Å². The van der Waals surface area contributed by atoms with Gasteiger partial charge in [0, 0.05) is 18.3 Å². The van der Waals surface area contributed by atoms with Gasteiger partial charge in [0.1, 0.15) is 5.75 Å². The highest BCUT2D eigenvalue weighted by Gasteiger charge is 2.16. The minimum absolute atomic E-state index is 0.0350. The summed E-state index contributed by atoms with van der Waals surface area (Å²) in [5.41, 5.74) is 9.81. The molecule has 2 aromatic rings. The Morgan fingerprint density at radius 3 is 2.41 bits per heavy atom. The van der Waals surface area contributed by atoms with Crippen molar-refractivity contribution >= 4 is 0 Å². The molecule has 0 spiro atoms. The summed E-state index contributed by atoms with van der Waals surface area (Å²) in [5, 5.41) is 0. The van der Waals surface area contributed by atoms with Gasteiger partial charge in [-0.05, 0) is 42.2 Å². The van der Waals surface area contributed by atoms with Gasteiger partial charge in [0.05, 0.1) is 13.2 Å². The fourth-order valence-corrected chi connectivity index (χ4v) is 2.76. The van der Waals surface area contributed by atoms with Crippen LogP contribution in [0.1, 0.15) is 48.2 Å². The zero-order valence-electron chi connectivity index (χ0n) is 13.9. The van der Waals surface area contributed by atoms with E-state index in [9.17, 15) is 4.79 Å². The second-order valence-corrected chi connectivity index (χ2v) is 5.94. The lowest BCUT2D eigenvalue weighted by Crippen LogP contribution is -2.29. The first-order chi connectivity index (χ1) is 10.4. The van der Waals surface area contributed by atoms with E-state index in [1.165, 1.54) is 0 Å². The molecule has 0 saturated heterocycles. The molecule has 1 aromatic heterocycles. The SMILES string of the molecule is COc1ccc(C(N)c2ccc(C(C)C)n(C)c2=O)cc1C. The Morgan fingerprint density at radius 2 is 1.86 bits per heavy atom. The van der Waals surface area contributed by atoms with Crippen LogP contribution in [0.15, 0.2) is 35.1 Å². The van der Waals surface area contributed by atoms with Crippen molar-refractivity contribution in [2.24, 2.45) is 12.8 Å². The first-order valence-corrected chi connectivity index (χ1v) is 7.46. The zero-order chi connectivity index (χ0) is 16.4. The predicted octanol–water partition coefficient (Wildman–Crippen LogP) is 2.87. The van der Waals surface area contributed by atoms with E-state index >= 15 is 0 Å². The molecule has 1 atom stereocenters. The van der Waals surface area contributed by atoms with Gasteiger partial charge < -0.3 is 15.0 Å². The second-order valence-electron chi connectivity index (χ2n) is 5.94. The highest BCUT2D eigenvalue weighted by Crippen LogP contribution is 2.24. The van der Waals surface area contributed by atoms with Crippen LogP contribution in [-0.2, 0) is 7.05 Å². The summed E-state index contributed by atoms with van der Waals surface area (Å²) in [6.07, 6.45) is 0. The van der Waals surface area contributed by atoms with Gasteiger partial charge in [0.15, 0.2) is 0 Å². The molecule has 0 fully saturated rings. The molecule has 0 bridgehead atoms. The summed E-state index contributed by atoms with van der Waals surface area (Å²) in [6.45, 7) is 6.11. The maximum Gasteiger partial charge on any atom is 0.255 e. The van der Waals surface area contributed by atoms with E-state index < -0.39 is 6.04 Å². The van der Waals surface area contributed by atoms with Gasteiger partial charge in [-0.15, -0.1) is 0 Å². The first-order valence-electron chi connectivity index (χ1n) is 7.46. The van der Waals surface area contributed by atoms with Gasteiger partial charge in [-0.1, -0.05) is 26.0 Å². The molecule has 0 aliphatic heterocycles. The third kappa shape index (κ3) is 2.92. The van der Waals surface area contributed by atoms with Gasteiger partial charge in [-0.25, -0.2) is 0 Å². The fraction of sp³-hybridized carbons (Fsp3) is 0.389. The second kappa shape index (κ2) is 6.36. The van der Waals surface area contributed by atoms with Crippen molar-refractivity contribution in [2.45, 2.75) is 32.7 Å². The highest BCUT2D eigenvalue weighted by atomic mass is 16.5. The molecule has 118 valence electrons. The third-order valence-corrected chi connectivity index (χ3v) is 4.08. The van der Waals surface area contributed by atoms with Crippen molar-refractivity contribution in [2.75, 3.05) is 7.11 Å². The van der Waals surface area contributed by atoms with Crippen LogP contribution in [0.25, 0.3) is 0 Å². The van der Waals surface area contributed by atoms with E-state index in [0.717, 1.165) is 22.6 Å². The van der Waals surface area contributed by atoms with Crippen LogP contribution < -0.4 is 16.0 Å². The van der Waals surface area contributed by atoms with Gasteiger partial charge in [-0.3, -0.25) is 4.79 Å². The minimum atomic E-state index is -0.440. The van der Waals surface area contributed by atoms with Gasteiger partial charge in [-0.2, -0.15) is 0 Å². The molecule has 4 nitrogen and oxygen atoms in total. The Balaban J connectivity index is 2.46. The minimum Gasteiger partial charge on any atom is -0.496 e. The predicted molar refractivity (Wildman–Crippen MR) is 89.5 cm³/mol. The van der Waals surface area contributed by atoms with Crippen LogP contribution in [0.4, 0.5) is 0 Å². The van der Waals surface area contributed by atoms with Gasteiger partial charge >= 0.3 is 0 Å². The smallest absolute Gasteiger partial charge is 0.255 e. The summed E-state index contributed by atoms with van der Waals surface area (Å²) in [7, 11) is 3.44. The number of nitrogens with zero attached hydrogens (tertiary/aromatic N) is 1. The van der Waals surface area contributed by atoms with E-state index in [2.05, 4.69) is 13.8 Å². The highest BCUT2D eigenvalue weighted by molar-refractivity contribution is 5.40. The normalized spacial score (nSPS) is 12.5. The molecule has 2 N–H and O–H groups in total. The number of aryl methyl sites for hydroxylation is 1. The summed E-state index contributed by atoms with van der Waals surface area (Å²) in [5.74, 6) is 1.12. The molecule has 0 radical (unpaired) electrons. The van der Waals surface area contributed by atoms with Crippen LogP contribution in [0, 0.1) is 6.92 Å². The molecule has 22 heavy (non-hydrogen) atoms. The Labute approximate surface area is 131 Å². The number of benzene rings is 1. The van der Waals surface area contributed by atoms with Crippen molar-refractivity contribution in [3.05, 3.63) is 63.1 Å². The van der Waals surface area contributed by atoms with Crippen LogP contribution in [0.3, 0.4) is 0 Å². The van der Waals surface area contributed by atoms with E-state index in [0.29, 0.717) is 11.5 Å². The molecule has 0 aliphatic carbocycles. The van der Waals surface area contributed by atoms with Crippen molar-refractivity contribution < 1.29 is 4.74 Å². The lowest BCUT2D eigenvalue weighted by atomic mass is 9.97. The third-order valence-electron chi connectivity index (χ3n) is 4.08. The van der Waals surface area contributed by atoms with Crippen molar-refractivity contribution in [3.8, 4) is 5.75 Å². The lowest BCUT2D eigenvalue weighted by molar-refractivity contribution is 0.411. The maximum absolute atomic E-state index is 12.6. The van der Waals surface area contributed by atoms with E-state index in [1.54, 1.807) is 18.7 Å². The van der Waals surface area contributed by atoms with Crippen LogP contribution in [0.5, 0.6) is 5.75 Å². The Kier molecular flexibility index (Phi) is 4.71. The number of ether oxygens (including phenoxy) is 1. The summed E-state index contributed by atoms with van der Waals surface area (Å²) in [4.78, 5) is 12.6. The number of hydrogen-bond donors (Lipinski definition) is 1. The summed E-state index contributed by atoms with van der Waals surface area (Å²) >= 11 is 0. The maximum atomic E-state index is 12.6.